The molecule has 270 valence electrons. The molecule has 0 N–H and O–H groups in total. The van der Waals surface area contributed by atoms with Gasteiger partial charge in [0.05, 0.1) is 0 Å². The van der Waals surface area contributed by atoms with Crippen molar-refractivity contribution in [1.29, 1.82) is 0 Å². The van der Waals surface area contributed by atoms with Gasteiger partial charge in [0.25, 0.3) is 23.6 Å². The molecule has 53 heavy (non-hydrogen) atoms. The number of rotatable bonds is 12. The number of unbranched alkanes of at least 4 members (excludes halogenated alkanes) is 2. The number of imide groups is 2. The van der Waals surface area contributed by atoms with E-state index >= 15 is 0 Å². The second-order valence-electron chi connectivity index (χ2n) is 13.1. The first kappa shape index (κ1) is 41.6. The van der Waals surface area contributed by atoms with Crippen molar-refractivity contribution < 1.29 is 36.2 Å². The molecule has 2 aliphatic heterocycles. The summed E-state index contributed by atoms with van der Waals surface area (Å²) in [5, 5.41) is 0.842. The smallest absolute Gasteiger partial charge is 0.298 e. The van der Waals surface area contributed by atoms with Gasteiger partial charge in [-0.3, -0.25) is 38.8 Å². The number of nitrogens with zero attached hydrogens (tertiary/aromatic N) is 4. The van der Waals surface area contributed by atoms with Crippen molar-refractivity contribution in [3.8, 4) is 0 Å². The van der Waals surface area contributed by atoms with Crippen LogP contribution in [0.25, 0.3) is 10.8 Å². The molecule has 9 heteroatoms. The van der Waals surface area contributed by atoms with Gasteiger partial charge in [-0.1, -0.05) is 0 Å². The van der Waals surface area contributed by atoms with Gasteiger partial charge in [0.15, 0.2) is 0 Å². The molecule has 2 heterocycles. The van der Waals surface area contributed by atoms with Crippen LogP contribution in [-0.2, 0) is 17.1 Å². The summed E-state index contributed by atoms with van der Waals surface area (Å²) >= 11 is 0. The largest absolute Gasteiger partial charge is 2.00 e. The van der Waals surface area contributed by atoms with E-state index in [1.165, 1.54) is 9.80 Å². The third kappa shape index (κ3) is 10.00. The Labute approximate surface area is 329 Å². The summed E-state index contributed by atoms with van der Waals surface area (Å²) in [4.78, 5) is 60.9. The van der Waals surface area contributed by atoms with Crippen LogP contribution in [0.5, 0.6) is 0 Å². The first-order valence-corrected chi connectivity index (χ1v) is 17.9. The molecule has 8 rings (SSSR count). The van der Waals surface area contributed by atoms with E-state index in [9.17, 15) is 19.2 Å². The topological polar surface area (TPSA) is 81.2 Å². The summed E-state index contributed by atoms with van der Waals surface area (Å²) in [7, 11) is 4.05. The first-order valence-electron chi connectivity index (χ1n) is 17.9. The normalized spacial score (nSPS) is 20.0. The fraction of sp³-hybridized carbons (Fsp3) is 0.227. The third-order valence-electron chi connectivity index (χ3n) is 9.60. The van der Waals surface area contributed by atoms with Crippen LogP contribution in [-0.4, -0.2) is 83.5 Å². The van der Waals surface area contributed by atoms with E-state index in [2.05, 4.69) is 9.80 Å². The van der Waals surface area contributed by atoms with Crippen LogP contribution in [0.2, 0.25) is 0 Å². The summed E-state index contributed by atoms with van der Waals surface area (Å²) in [6, 6.07) is 8.82. The predicted octanol–water partition coefficient (Wildman–Crippen LogP) is 6.22. The second kappa shape index (κ2) is 20.4. The van der Waals surface area contributed by atoms with Crippen molar-refractivity contribution >= 4 is 34.4 Å². The molecule has 0 bridgehead atoms. The minimum Gasteiger partial charge on any atom is -0.298 e. The Balaban J connectivity index is 0.000000426. The number of benzene rings is 2. The number of hydrogen-bond donors (Lipinski definition) is 0. The molecule has 0 atom stereocenters. The monoisotopic (exact) mass is 748 g/mol. The van der Waals surface area contributed by atoms with Crippen LogP contribution in [0, 0.1) is 128 Å². The SMILES string of the molecule is CN(CCCCN1C(=O)c2ccc3c4c(ccc(c24)C1=O)C(=O)N(CCCCN(C)[C]1[CH][CH][CH][CH]1)C3=O)[C]1[CH][CH][CH][CH]1.[CH]1[CH][CH][CH][CH]1.[CH]1[CH][CH][CH][CH]1.[Fe+2]. The molecule has 0 spiro atoms. The molecule has 8 nitrogen and oxygen atoms in total. The van der Waals surface area contributed by atoms with Gasteiger partial charge < -0.3 is 0 Å². The van der Waals surface area contributed by atoms with Crippen LogP contribution in [0.3, 0.4) is 0 Å². The molecular weight excluding hydrogens is 704 g/mol. The van der Waals surface area contributed by atoms with E-state index in [1.807, 2.05) is 130 Å². The van der Waals surface area contributed by atoms with Gasteiger partial charge in [0.1, 0.15) is 0 Å². The number of carbonyl (C=O) groups excluding carboxylic acids is 4. The van der Waals surface area contributed by atoms with Crippen LogP contribution in [0.4, 0.5) is 0 Å². The maximum Gasteiger partial charge on any atom is 2.00 e. The molecule has 4 saturated carbocycles. The third-order valence-corrected chi connectivity index (χ3v) is 9.60. The molecule has 0 aromatic heterocycles. The molecule has 0 saturated heterocycles. The van der Waals surface area contributed by atoms with E-state index in [-0.39, 0.29) is 40.7 Å². The summed E-state index contributed by atoms with van der Waals surface area (Å²) in [5.41, 5.74) is 1.46. The van der Waals surface area contributed by atoms with Crippen molar-refractivity contribution in [2.45, 2.75) is 25.7 Å². The average molecular weight is 749 g/mol. The molecule has 2 aromatic carbocycles. The minimum absolute atomic E-state index is 0. The average Bonchev–Trinajstić information content (AvgIpc) is 4.01. The number of carbonyl (C=O) groups is 4. The van der Waals surface area contributed by atoms with E-state index in [4.69, 9.17) is 0 Å². The van der Waals surface area contributed by atoms with Gasteiger partial charge in [-0.15, -0.1) is 0 Å². The zero-order valence-electron chi connectivity index (χ0n) is 30.1. The summed E-state index contributed by atoms with van der Waals surface area (Å²) in [5.74, 6) is -1.51. The summed E-state index contributed by atoms with van der Waals surface area (Å²) in [6.07, 6.45) is 39.2. The maximum absolute atomic E-state index is 13.5. The Kier molecular flexibility index (Phi) is 16.0. The van der Waals surface area contributed by atoms with Gasteiger partial charge in [-0.05, 0) is 193 Å². The second-order valence-corrected chi connectivity index (χ2v) is 13.1. The Bertz CT molecular complexity index is 1360. The van der Waals surface area contributed by atoms with Gasteiger partial charge >= 0.3 is 17.1 Å². The van der Waals surface area contributed by atoms with Crippen LogP contribution >= 0.6 is 0 Å². The Morgan fingerprint density at radius 3 is 0.943 bits per heavy atom. The first-order chi connectivity index (χ1) is 25.4. The summed E-state index contributed by atoms with van der Waals surface area (Å²) < 4.78 is 0. The molecule has 6 aliphatic rings. The van der Waals surface area contributed by atoms with E-state index in [0.717, 1.165) is 38.0 Å². The Morgan fingerprint density at radius 2 is 0.679 bits per heavy atom. The Morgan fingerprint density at radius 1 is 0.415 bits per heavy atom. The zero-order valence-corrected chi connectivity index (χ0v) is 31.2. The predicted molar refractivity (Wildman–Crippen MR) is 202 cm³/mol. The molecule has 20 radical (unpaired) electrons. The van der Waals surface area contributed by atoms with E-state index in [1.54, 1.807) is 24.3 Å². The fourth-order valence-electron chi connectivity index (χ4n) is 6.75. The van der Waals surface area contributed by atoms with E-state index < -0.39 is 0 Å². The van der Waals surface area contributed by atoms with Gasteiger partial charge in [0, 0.05) is 58.2 Å². The molecule has 2 aromatic rings. The zero-order chi connectivity index (χ0) is 36.5. The number of amides is 4. The van der Waals surface area contributed by atoms with Gasteiger partial charge in [-0.25, -0.2) is 0 Å². The van der Waals surface area contributed by atoms with Crippen molar-refractivity contribution in [3.05, 3.63) is 174 Å². The van der Waals surface area contributed by atoms with Gasteiger partial charge in [-0.2, -0.15) is 0 Å². The van der Waals surface area contributed by atoms with Crippen LogP contribution in [0.15, 0.2) is 24.3 Å². The van der Waals surface area contributed by atoms with Crippen molar-refractivity contribution in [2.75, 3.05) is 40.3 Å². The molecule has 4 fully saturated rings. The van der Waals surface area contributed by atoms with Crippen molar-refractivity contribution in [2.24, 2.45) is 0 Å². The fourth-order valence-corrected chi connectivity index (χ4v) is 6.75. The van der Waals surface area contributed by atoms with Crippen LogP contribution < -0.4 is 0 Å². The number of hydrogen-bond acceptors (Lipinski definition) is 6. The van der Waals surface area contributed by atoms with E-state index in [0.29, 0.717) is 59.0 Å². The van der Waals surface area contributed by atoms with Crippen LogP contribution in [0.1, 0.15) is 67.1 Å². The maximum atomic E-state index is 13.5. The molecule has 4 aliphatic carbocycles. The quantitative estimate of drug-likeness (QED) is 0.146. The minimum atomic E-state index is -0.378. The standard InChI is InChI=1S/C34H34N4O4.2C5H5.Fe/c1-35(23-11-3-4-12-23)19-7-9-21-37-31(39)25-15-17-27-30-28(18-16-26(29(25)30)32(37)40)34(42)38(33(27)41)22-10-8-20-36(2)24-13-5-6-14-24;2*1-2-4-5-3-1;/h3-6,11-18H,7-10,19-22H2,1-2H3;2*1-5H;/q;;;+2. The Hall–Kier alpha value is -2.58. The molecule has 4 amide bonds. The molecule has 0 unspecified atom stereocenters. The summed E-state index contributed by atoms with van der Waals surface area (Å²) in [6.45, 7) is 2.24. The van der Waals surface area contributed by atoms with Crippen molar-refractivity contribution in [3.63, 3.8) is 0 Å². The molecular formula is C44H44FeN4O4+2. The van der Waals surface area contributed by atoms with Gasteiger partial charge in [0.2, 0.25) is 0 Å². The van der Waals surface area contributed by atoms with Crippen molar-refractivity contribution in [1.82, 2.24) is 19.6 Å².